The monoisotopic (exact) mass is 320 g/mol. The van der Waals surface area contributed by atoms with Gasteiger partial charge >= 0.3 is 6.18 Å². The molecule has 0 aliphatic rings. The molecule has 22 heavy (non-hydrogen) atoms. The summed E-state index contributed by atoms with van der Waals surface area (Å²) >= 11 is 0. The summed E-state index contributed by atoms with van der Waals surface area (Å²) in [6.45, 7) is 3.68. The molecule has 0 unspecified atom stereocenters. The second-order valence-corrected chi connectivity index (χ2v) is 4.73. The zero-order valence-corrected chi connectivity index (χ0v) is 12.3. The van der Waals surface area contributed by atoms with Gasteiger partial charge in [-0.25, -0.2) is 0 Å². The predicted molar refractivity (Wildman–Crippen MR) is 76.9 cm³/mol. The van der Waals surface area contributed by atoms with Gasteiger partial charge in [0.25, 0.3) is 5.69 Å². The van der Waals surface area contributed by atoms with Crippen LogP contribution >= 0.6 is 0 Å². The molecule has 1 N–H and O–H groups in total. The predicted octanol–water partition coefficient (Wildman–Crippen LogP) is 4.23. The lowest BCUT2D eigenvalue weighted by atomic mass is 10.1. The Hall–Kier alpha value is -1.83. The normalized spacial score (nSPS) is 11.5. The van der Waals surface area contributed by atoms with Crippen LogP contribution in [0.4, 0.5) is 24.5 Å². The Morgan fingerprint density at radius 2 is 1.95 bits per heavy atom. The zero-order chi connectivity index (χ0) is 16.6. The third-order valence-electron chi connectivity index (χ3n) is 2.94. The van der Waals surface area contributed by atoms with Crippen LogP contribution in [-0.2, 0) is 10.9 Å². The van der Waals surface area contributed by atoms with Crippen molar-refractivity contribution in [3.05, 3.63) is 33.9 Å². The zero-order valence-electron chi connectivity index (χ0n) is 12.3. The van der Waals surface area contributed by atoms with E-state index in [2.05, 4.69) is 12.2 Å². The van der Waals surface area contributed by atoms with Gasteiger partial charge in [0.2, 0.25) is 0 Å². The molecular formula is C14H19F3N2O3. The lowest BCUT2D eigenvalue weighted by Crippen LogP contribution is -2.11. The van der Waals surface area contributed by atoms with Gasteiger partial charge in [-0.3, -0.25) is 10.1 Å². The van der Waals surface area contributed by atoms with Gasteiger partial charge in [0.1, 0.15) is 5.56 Å². The fourth-order valence-corrected chi connectivity index (χ4v) is 1.79. The SMILES string of the molecule is CCCCOCCCNc1ccc([N+](=O)[O-])c(C(F)(F)F)c1. The maximum absolute atomic E-state index is 12.8. The molecule has 124 valence electrons. The summed E-state index contributed by atoms with van der Waals surface area (Å²) in [6, 6.07) is 2.89. The number of hydrogen-bond acceptors (Lipinski definition) is 4. The van der Waals surface area contributed by atoms with Gasteiger partial charge in [-0.15, -0.1) is 0 Å². The Bertz CT molecular complexity index is 493. The molecule has 1 aromatic rings. The first-order valence-electron chi connectivity index (χ1n) is 7.03. The van der Waals surface area contributed by atoms with Crippen molar-refractivity contribution in [3.8, 4) is 0 Å². The average molecular weight is 320 g/mol. The van der Waals surface area contributed by atoms with E-state index in [4.69, 9.17) is 4.74 Å². The maximum Gasteiger partial charge on any atom is 0.423 e. The highest BCUT2D eigenvalue weighted by Crippen LogP contribution is 2.37. The third kappa shape index (κ3) is 5.88. The number of nitrogens with one attached hydrogen (secondary N) is 1. The summed E-state index contributed by atoms with van der Waals surface area (Å²) < 4.78 is 43.7. The minimum Gasteiger partial charge on any atom is -0.385 e. The van der Waals surface area contributed by atoms with Crippen molar-refractivity contribution >= 4 is 11.4 Å². The minimum atomic E-state index is -4.76. The van der Waals surface area contributed by atoms with Gasteiger partial charge < -0.3 is 10.1 Å². The summed E-state index contributed by atoms with van der Waals surface area (Å²) in [4.78, 5) is 9.60. The number of unbranched alkanes of at least 4 members (excludes halogenated alkanes) is 1. The number of rotatable bonds is 9. The van der Waals surface area contributed by atoms with E-state index in [0.717, 1.165) is 25.0 Å². The summed E-state index contributed by atoms with van der Waals surface area (Å²) in [5.74, 6) is 0. The minimum absolute atomic E-state index is 0.200. The van der Waals surface area contributed by atoms with Crippen LogP contribution in [0.25, 0.3) is 0 Å². The van der Waals surface area contributed by atoms with Crippen LogP contribution in [0.5, 0.6) is 0 Å². The lowest BCUT2D eigenvalue weighted by Gasteiger charge is -2.11. The van der Waals surface area contributed by atoms with E-state index in [9.17, 15) is 23.3 Å². The molecule has 0 bridgehead atoms. The topological polar surface area (TPSA) is 64.4 Å². The van der Waals surface area contributed by atoms with Crippen molar-refractivity contribution in [2.24, 2.45) is 0 Å². The van der Waals surface area contributed by atoms with Gasteiger partial charge in [0.05, 0.1) is 4.92 Å². The molecule has 8 heteroatoms. The molecular weight excluding hydrogens is 301 g/mol. The highest BCUT2D eigenvalue weighted by molar-refractivity contribution is 5.55. The van der Waals surface area contributed by atoms with Gasteiger partial charge in [-0.05, 0) is 25.0 Å². The smallest absolute Gasteiger partial charge is 0.385 e. The Labute approximate surface area is 126 Å². The van der Waals surface area contributed by atoms with E-state index >= 15 is 0 Å². The molecule has 0 atom stereocenters. The van der Waals surface area contributed by atoms with Gasteiger partial charge in [0, 0.05) is 31.5 Å². The Morgan fingerprint density at radius 3 is 2.55 bits per heavy atom. The van der Waals surface area contributed by atoms with Crippen molar-refractivity contribution in [1.82, 2.24) is 0 Å². The molecule has 0 aromatic heterocycles. The van der Waals surface area contributed by atoms with Crippen LogP contribution < -0.4 is 5.32 Å². The molecule has 1 aromatic carbocycles. The van der Waals surface area contributed by atoms with E-state index in [1.807, 2.05) is 0 Å². The number of nitro benzene ring substituents is 1. The second kappa shape index (κ2) is 8.57. The number of nitrogens with zero attached hydrogens (tertiary/aromatic N) is 1. The van der Waals surface area contributed by atoms with Crippen molar-refractivity contribution in [3.63, 3.8) is 0 Å². The molecule has 0 amide bonds. The molecule has 0 fully saturated rings. The fraction of sp³-hybridized carbons (Fsp3) is 0.571. The first kappa shape index (κ1) is 18.2. The van der Waals surface area contributed by atoms with Crippen molar-refractivity contribution < 1.29 is 22.8 Å². The number of hydrogen-bond donors (Lipinski definition) is 1. The van der Waals surface area contributed by atoms with Crippen molar-refractivity contribution in [1.29, 1.82) is 0 Å². The van der Waals surface area contributed by atoms with Gasteiger partial charge in [-0.2, -0.15) is 13.2 Å². The van der Waals surface area contributed by atoms with E-state index in [-0.39, 0.29) is 5.69 Å². The number of alkyl halides is 3. The number of anilines is 1. The summed E-state index contributed by atoms with van der Waals surface area (Å²) in [5, 5.41) is 13.4. The molecule has 0 saturated heterocycles. The molecule has 0 aliphatic carbocycles. The quantitative estimate of drug-likeness (QED) is 0.420. The van der Waals surface area contributed by atoms with E-state index in [1.54, 1.807) is 0 Å². The van der Waals surface area contributed by atoms with Crippen LogP contribution in [0.1, 0.15) is 31.7 Å². The number of ether oxygens (including phenoxy) is 1. The van der Waals surface area contributed by atoms with Crippen molar-refractivity contribution in [2.75, 3.05) is 25.1 Å². The standard InChI is InChI=1S/C14H19F3N2O3/c1-2-3-8-22-9-4-7-18-11-5-6-13(19(20)21)12(10-11)14(15,16)17/h5-6,10,18H,2-4,7-9H2,1H3. The summed E-state index contributed by atoms with van der Waals surface area (Å²) in [5.41, 5.74) is -1.99. The molecule has 0 radical (unpaired) electrons. The maximum atomic E-state index is 12.8. The number of halogens is 3. The molecule has 0 saturated carbocycles. The molecule has 1 rings (SSSR count). The van der Waals surface area contributed by atoms with E-state index in [1.165, 1.54) is 6.07 Å². The first-order valence-corrected chi connectivity index (χ1v) is 7.03. The lowest BCUT2D eigenvalue weighted by molar-refractivity contribution is -0.388. The Balaban J connectivity index is 2.56. The van der Waals surface area contributed by atoms with Gasteiger partial charge in [-0.1, -0.05) is 13.3 Å². The largest absolute Gasteiger partial charge is 0.423 e. The second-order valence-electron chi connectivity index (χ2n) is 4.73. The average Bonchev–Trinajstić information content (AvgIpc) is 2.45. The van der Waals surface area contributed by atoms with Gasteiger partial charge in [0.15, 0.2) is 0 Å². The highest BCUT2D eigenvalue weighted by Gasteiger charge is 2.38. The van der Waals surface area contributed by atoms with E-state index in [0.29, 0.717) is 26.2 Å². The van der Waals surface area contributed by atoms with Crippen LogP contribution in [-0.4, -0.2) is 24.7 Å². The highest BCUT2D eigenvalue weighted by atomic mass is 19.4. The molecule has 0 heterocycles. The van der Waals surface area contributed by atoms with E-state index < -0.39 is 22.4 Å². The molecule has 0 spiro atoms. The third-order valence-corrected chi connectivity index (χ3v) is 2.94. The summed E-state index contributed by atoms with van der Waals surface area (Å²) in [6.07, 6.45) is -2.10. The molecule has 0 aliphatic heterocycles. The number of nitro groups is 1. The van der Waals surface area contributed by atoms with Crippen LogP contribution in [0.3, 0.4) is 0 Å². The number of benzene rings is 1. The van der Waals surface area contributed by atoms with Crippen molar-refractivity contribution in [2.45, 2.75) is 32.4 Å². The summed E-state index contributed by atoms with van der Waals surface area (Å²) in [7, 11) is 0. The fourth-order valence-electron chi connectivity index (χ4n) is 1.79. The molecule has 5 nitrogen and oxygen atoms in total. The Kier molecular flexibility index (Phi) is 7.10. The Morgan fingerprint density at radius 1 is 1.27 bits per heavy atom. The first-order chi connectivity index (χ1) is 10.4. The van der Waals surface area contributed by atoms with Crippen LogP contribution in [0, 0.1) is 10.1 Å². The van der Waals surface area contributed by atoms with Crippen LogP contribution in [0.15, 0.2) is 18.2 Å². The van der Waals surface area contributed by atoms with Crippen LogP contribution in [0.2, 0.25) is 0 Å².